The van der Waals surface area contributed by atoms with Gasteiger partial charge in [-0.2, -0.15) is 16.8 Å². The highest BCUT2D eigenvalue weighted by Gasteiger charge is 2.26. The highest BCUT2D eigenvalue weighted by Crippen LogP contribution is 2.29. The van der Waals surface area contributed by atoms with Crippen molar-refractivity contribution in [3.05, 3.63) is 66.5 Å². The topological polar surface area (TPSA) is 142 Å². The normalized spacial score (nSPS) is 12.9. The molecule has 10 heteroatoms. The van der Waals surface area contributed by atoms with Crippen molar-refractivity contribution in [2.24, 2.45) is 0 Å². The largest absolute Gasteiger partial charge is 0.389 e. The van der Waals surface area contributed by atoms with E-state index in [0.29, 0.717) is 5.39 Å². The molecule has 27 heavy (non-hydrogen) atoms. The SMILES string of the molecule is CC(O)c1cccnc1.O=S(=O)(O)c1ccc2ccccc2c1S(=O)(=O)O. The van der Waals surface area contributed by atoms with Crippen LogP contribution in [0.25, 0.3) is 10.8 Å². The van der Waals surface area contributed by atoms with Crippen LogP contribution in [0.2, 0.25) is 0 Å². The Morgan fingerprint density at radius 1 is 0.889 bits per heavy atom. The molecular formula is C17H17NO7S2. The van der Waals surface area contributed by atoms with Crippen LogP contribution in [-0.2, 0) is 20.2 Å². The number of hydrogen-bond donors (Lipinski definition) is 3. The molecule has 3 N–H and O–H groups in total. The lowest BCUT2D eigenvalue weighted by Crippen LogP contribution is -2.09. The van der Waals surface area contributed by atoms with Crippen LogP contribution in [0.3, 0.4) is 0 Å². The molecule has 0 aliphatic heterocycles. The Hall–Kier alpha value is -2.37. The van der Waals surface area contributed by atoms with Crippen molar-refractivity contribution in [2.75, 3.05) is 0 Å². The van der Waals surface area contributed by atoms with E-state index in [1.165, 1.54) is 18.2 Å². The van der Waals surface area contributed by atoms with Crippen molar-refractivity contribution >= 4 is 31.0 Å². The second kappa shape index (κ2) is 8.11. The van der Waals surface area contributed by atoms with Crippen LogP contribution in [0.1, 0.15) is 18.6 Å². The molecule has 0 bridgehead atoms. The predicted molar refractivity (Wildman–Crippen MR) is 98.4 cm³/mol. The van der Waals surface area contributed by atoms with Crippen molar-refractivity contribution in [3.63, 3.8) is 0 Å². The highest BCUT2D eigenvalue weighted by molar-refractivity contribution is 7.89. The number of aliphatic hydroxyl groups is 1. The van der Waals surface area contributed by atoms with Crippen LogP contribution in [-0.4, -0.2) is 36.0 Å². The lowest BCUT2D eigenvalue weighted by Gasteiger charge is -2.08. The van der Waals surface area contributed by atoms with E-state index in [-0.39, 0.29) is 5.39 Å². The predicted octanol–water partition coefficient (Wildman–Crippen LogP) is 2.47. The summed E-state index contributed by atoms with van der Waals surface area (Å²) in [5, 5.41) is 9.44. The molecule has 0 saturated carbocycles. The van der Waals surface area contributed by atoms with Gasteiger partial charge in [0.05, 0.1) is 6.10 Å². The third-order valence-electron chi connectivity index (χ3n) is 3.55. The minimum absolute atomic E-state index is 0.0233. The molecule has 0 aliphatic carbocycles. The smallest absolute Gasteiger partial charge is 0.296 e. The lowest BCUT2D eigenvalue weighted by atomic mass is 10.1. The van der Waals surface area contributed by atoms with Gasteiger partial charge in [0, 0.05) is 17.8 Å². The van der Waals surface area contributed by atoms with Gasteiger partial charge in [-0.15, -0.1) is 0 Å². The molecule has 3 rings (SSSR count). The van der Waals surface area contributed by atoms with Gasteiger partial charge in [-0.05, 0) is 30.0 Å². The third-order valence-corrected chi connectivity index (χ3v) is 5.53. The number of hydrogen-bond acceptors (Lipinski definition) is 6. The second-order valence-corrected chi connectivity index (χ2v) is 8.27. The minimum atomic E-state index is -4.78. The summed E-state index contributed by atoms with van der Waals surface area (Å²) in [6.45, 7) is 1.72. The first kappa shape index (κ1) is 20.9. The molecular weight excluding hydrogens is 394 g/mol. The number of rotatable bonds is 3. The van der Waals surface area contributed by atoms with E-state index in [2.05, 4.69) is 4.98 Å². The zero-order valence-electron chi connectivity index (χ0n) is 14.1. The molecule has 1 atom stereocenters. The number of nitrogens with zero attached hydrogens (tertiary/aromatic N) is 1. The Kier molecular flexibility index (Phi) is 6.29. The first-order valence-corrected chi connectivity index (χ1v) is 10.4. The van der Waals surface area contributed by atoms with Crippen LogP contribution in [0.5, 0.6) is 0 Å². The lowest BCUT2D eigenvalue weighted by molar-refractivity contribution is 0.199. The Labute approximate surface area is 156 Å². The highest BCUT2D eigenvalue weighted by atomic mass is 32.2. The monoisotopic (exact) mass is 411 g/mol. The van der Waals surface area contributed by atoms with Crippen LogP contribution < -0.4 is 0 Å². The summed E-state index contributed by atoms with van der Waals surface area (Å²) in [6, 6.07) is 11.9. The molecule has 8 nitrogen and oxygen atoms in total. The number of aliphatic hydroxyl groups excluding tert-OH is 1. The zero-order valence-corrected chi connectivity index (χ0v) is 15.7. The molecule has 0 aliphatic rings. The summed E-state index contributed by atoms with van der Waals surface area (Å²) < 4.78 is 63.0. The fraction of sp³-hybridized carbons (Fsp3) is 0.118. The molecule has 0 amide bonds. The number of benzene rings is 2. The number of aromatic nitrogens is 1. The van der Waals surface area contributed by atoms with Gasteiger partial charge in [0.15, 0.2) is 0 Å². The zero-order chi connectivity index (χ0) is 20.2. The van der Waals surface area contributed by atoms with Gasteiger partial charge in [0.2, 0.25) is 0 Å². The van der Waals surface area contributed by atoms with Gasteiger partial charge >= 0.3 is 0 Å². The van der Waals surface area contributed by atoms with Gasteiger partial charge in [-0.25, -0.2) is 0 Å². The van der Waals surface area contributed by atoms with Gasteiger partial charge < -0.3 is 5.11 Å². The summed E-state index contributed by atoms with van der Waals surface area (Å²) in [5.41, 5.74) is 0.859. The standard InChI is InChI=1S/C10H8O6S2.C7H9NO/c11-17(12,13)9-6-5-7-3-1-2-4-8(7)10(9)18(14,15)16;1-6(9)7-3-2-4-8-5-7/h1-6H,(H,11,12,13)(H,14,15,16);2-6,9H,1H3. The van der Waals surface area contributed by atoms with Crippen molar-refractivity contribution < 1.29 is 31.0 Å². The third kappa shape index (κ3) is 5.31. The van der Waals surface area contributed by atoms with E-state index in [0.717, 1.165) is 11.6 Å². The van der Waals surface area contributed by atoms with Gasteiger partial charge in [0.1, 0.15) is 9.79 Å². The molecule has 1 unspecified atom stereocenters. The van der Waals surface area contributed by atoms with Crippen molar-refractivity contribution in [3.8, 4) is 0 Å². The Morgan fingerprint density at radius 3 is 2.04 bits per heavy atom. The van der Waals surface area contributed by atoms with Crippen LogP contribution >= 0.6 is 0 Å². The molecule has 144 valence electrons. The molecule has 0 fully saturated rings. The van der Waals surface area contributed by atoms with Gasteiger partial charge in [-0.1, -0.05) is 36.4 Å². The molecule has 2 aromatic carbocycles. The molecule has 0 spiro atoms. The summed E-state index contributed by atoms with van der Waals surface area (Å²) in [7, 11) is -9.53. The van der Waals surface area contributed by atoms with Crippen LogP contribution in [0, 0.1) is 0 Å². The summed E-state index contributed by atoms with van der Waals surface area (Å²) in [5.74, 6) is 0. The maximum absolute atomic E-state index is 11.3. The number of fused-ring (bicyclic) bond motifs is 1. The van der Waals surface area contributed by atoms with E-state index in [9.17, 15) is 16.8 Å². The van der Waals surface area contributed by atoms with E-state index in [4.69, 9.17) is 14.2 Å². The first-order chi connectivity index (χ1) is 12.5. The quantitative estimate of drug-likeness (QED) is 0.558. The Balaban J connectivity index is 0.000000244. The average molecular weight is 411 g/mol. The summed E-state index contributed by atoms with van der Waals surface area (Å²) in [6.07, 6.45) is 2.94. The first-order valence-electron chi connectivity index (χ1n) is 7.56. The second-order valence-electron chi connectivity index (χ2n) is 5.53. The molecule has 0 saturated heterocycles. The Morgan fingerprint density at radius 2 is 1.56 bits per heavy atom. The van der Waals surface area contributed by atoms with E-state index in [1.807, 2.05) is 12.1 Å². The molecule has 0 radical (unpaired) electrons. The van der Waals surface area contributed by atoms with Crippen LogP contribution in [0.4, 0.5) is 0 Å². The fourth-order valence-electron chi connectivity index (χ4n) is 2.32. The minimum Gasteiger partial charge on any atom is -0.389 e. The summed E-state index contributed by atoms with van der Waals surface area (Å²) in [4.78, 5) is 2.19. The Bertz CT molecular complexity index is 1140. The van der Waals surface area contributed by atoms with Gasteiger partial charge in [-0.3, -0.25) is 14.1 Å². The van der Waals surface area contributed by atoms with E-state index >= 15 is 0 Å². The molecule has 1 heterocycles. The molecule has 1 aromatic heterocycles. The van der Waals surface area contributed by atoms with Gasteiger partial charge in [0.25, 0.3) is 20.2 Å². The van der Waals surface area contributed by atoms with Crippen molar-refractivity contribution in [1.29, 1.82) is 0 Å². The van der Waals surface area contributed by atoms with E-state index in [1.54, 1.807) is 31.5 Å². The van der Waals surface area contributed by atoms with Crippen LogP contribution in [0.15, 0.2) is 70.7 Å². The number of pyridine rings is 1. The summed E-state index contributed by atoms with van der Waals surface area (Å²) >= 11 is 0. The fourth-order valence-corrected chi connectivity index (χ4v) is 4.32. The maximum atomic E-state index is 11.3. The average Bonchev–Trinajstić information content (AvgIpc) is 2.60. The van der Waals surface area contributed by atoms with Crippen molar-refractivity contribution in [1.82, 2.24) is 4.98 Å². The van der Waals surface area contributed by atoms with Crippen molar-refractivity contribution in [2.45, 2.75) is 22.8 Å². The molecule has 3 aromatic rings. The maximum Gasteiger partial charge on any atom is 0.296 e. The van der Waals surface area contributed by atoms with E-state index < -0.39 is 36.1 Å².